The first-order valence-electron chi connectivity index (χ1n) is 20.8. The molecule has 15 nitrogen and oxygen atoms in total. The first kappa shape index (κ1) is 48.3. The number of aliphatic hydroxyl groups excluding tert-OH is 1. The number of hydrogen-bond acceptors (Lipinski definition) is 14. The van der Waals surface area contributed by atoms with E-state index in [1.165, 1.54) is 13.8 Å². The lowest BCUT2D eigenvalue weighted by atomic mass is 9.93. The molecular formula is C47H61NO14. The summed E-state index contributed by atoms with van der Waals surface area (Å²) >= 11 is 0. The highest BCUT2D eigenvalue weighted by atomic mass is 16.7. The fraction of sp³-hybridized carbons (Fsp3) is 0.532. The van der Waals surface area contributed by atoms with Gasteiger partial charge in [-0.05, 0) is 58.2 Å². The van der Waals surface area contributed by atoms with Crippen LogP contribution in [0, 0.1) is 10.8 Å². The minimum atomic E-state index is -1.53. The molecule has 1 amide bonds. The van der Waals surface area contributed by atoms with Gasteiger partial charge in [0.05, 0.1) is 37.3 Å². The number of benzene rings is 3. The van der Waals surface area contributed by atoms with Crippen molar-refractivity contribution in [3.63, 3.8) is 0 Å². The number of nitrogens with one attached hydrogen (secondary N) is 1. The monoisotopic (exact) mass is 863 g/mol. The number of carbonyl (C=O) groups excluding carboxylic acids is 4. The van der Waals surface area contributed by atoms with E-state index in [9.17, 15) is 24.3 Å². The summed E-state index contributed by atoms with van der Waals surface area (Å²) < 4.78 is 56.1. The minimum Gasteiger partial charge on any atom is -0.462 e. The molecule has 3 aromatic rings. The van der Waals surface area contributed by atoms with Crippen LogP contribution in [-0.4, -0.2) is 103 Å². The van der Waals surface area contributed by atoms with Gasteiger partial charge in [-0.2, -0.15) is 0 Å². The predicted molar refractivity (Wildman–Crippen MR) is 223 cm³/mol. The second-order valence-corrected chi connectivity index (χ2v) is 17.5. The molecule has 62 heavy (non-hydrogen) atoms. The van der Waals surface area contributed by atoms with Gasteiger partial charge in [0.25, 0.3) is 0 Å². The topological polar surface area (TPSA) is 184 Å². The minimum absolute atomic E-state index is 0.128. The van der Waals surface area contributed by atoms with Gasteiger partial charge >= 0.3 is 17.9 Å². The zero-order chi connectivity index (χ0) is 45.0. The number of rotatable bonds is 17. The van der Waals surface area contributed by atoms with Crippen LogP contribution < -0.4 is 5.32 Å². The molecule has 0 aliphatic carbocycles. The van der Waals surface area contributed by atoms with Crippen molar-refractivity contribution in [1.82, 2.24) is 5.32 Å². The Morgan fingerprint density at radius 3 is 1.50 bits per heavy atom. The van der Waals surface area contributed by atoms with E-state index in [1.54, 1.807) is 41.5 Å². The maximum atomic E-state index is 13.4. The van der Waals surface area contributed by atoms with Crippen LogP contribution in [0.15, 0.2) is 91.0 Å². The van der Waals surface area contributed by atoms with E-state index in [0.717, 1.165) is 16.7 Å². The van der Waals surface area contributed by atoms with Crippen LogP contribution in [0.2, 0.25) is 0 Å². The van der Waals surface area contributed by atoms with Crippen LogP contribution >= 0.6 is 0 Å². The molecule has 2 aliphatic rings. The van der Waals surface area contributed by atoms with Crippen molar-refractivity contribution in [3.8, 4) is 0 Å². The lowest BCUT2D eigenvalue weighted by Crippen LogP contribution is -2.67. The van der Waals surface area contributed by atoms with E-state index < -0.39 is 103 Å². The maximum Gasteiger partial charge on any atom is 0.311 e. The second kappa shape index (κ2) is 22.1. The predicted octanol–water partition coefficient (Wildman–Crippen LogP) is 5.18. The molecule has 2 saturated heterocycles. The number of carbonyl (C=O) groups is 4. The highest BCUT2D eigenvalue weighted by molar-refractivity contribution is 5.76. The smallest absolute Gasteiger partial charge is 0.311 e. The van der Waals surface area contributed by atoms with Crippen molar-refractivity contribution in [2.75, 3.05) is 13.2 Å². The van der Waals surface area contributed by atoms with Crippen molar-refractivity contribution in [3.05, 3.63) is 108 Å². The van der Waals surface area contributed by atoms with Crippen molar-refractivity contribution in [1.29, 1.82) is 0 Å². The van der Waals surface area contributed by atoms with Gasteiger partial charge in [0.15, 0.2) is 24.8 Å². The van der Waals surface area contributed by atoms with Crippen molar-refractivity contribution in [2.45, 2.75) is 137 Å². The normalized spacial score (nSPS) is 26.5. The van der Waals surface area contributed by atoms with Gasteiger partial charge in [-0.3, -0.25) is 19.2 Å². The Labute approximate surface area is 363 Å². The lowest BCUT2D eigenvalue weighted by Gasteiger charge is -2.47. The average molecular weight is 864 g/mol. The number of aliphatic hydroxyl groups is 1. The van der Waals surface area contributed by atoms with Gasteiger partial charge in [0.1, 0.15) is 43.2 Å². The first-order valence-corrected chi connectivity index (χ1v) is 20.8. The quantitative estimate of drug-likeness (QED) is 0.134. The molecule has 2 fully saturated rings. The molecule has 3 aromatic carbocycles. The van der Waals surface area contributed by atoms with Gasteiger partial charge in [-0.25, -0.2) is 0 Å². The number of amides is 1. The molecule has 2 N–H and O–H groups in total. The zero-order valence-electron chi connectivity index (χ0n) is 36.7. The summed E-state index contributed by atoms with van der Waals surface area (Å²) in [6.45, 7) is 12.1. The molecule has 0 spiro atoms. The molecule has 10 atom stereocenters. The van der Waals surface area contributed by atoms with Crippen molar-refractivity contribution in [2.24, 2.45) is 10.8 Å². The van der Waals surface area contributed by atoms with Gasteiger partial charge < -0.3 is 53.1 Å². The Balaban J connectivity index is 1.49. The molecule has 0 bridgehead atoms. The Morgan fingerprint density at radius 1 is 0.565 bits per heavy atom. The van der Waals surface area contributed by atoms with E-state index >= 15 is 0 Å². The number of esters is 3. The van der Waals surface area contributed by atoms with E-state index in [4.69, 9.17) is 42.6 Å². The van der Waals surface area contributed by atoms with Gasteiger partial charge in [-0.1, -0.05) is 91.0 Å². The van der Waals surface area contributed by atoms with Crippen LogP contribution in [0.5, 0.6) is 0 Å². The molecule has 2 aliphatic heterocycles. The lowest BCUT2D eigenvalue weighted by molar-refractivity contribution is -0.330. The molecule has 338 valence electrons. The SMILES string of the molecule is CC(=O)N[C@H]1C(OC[C@H]2O[C@H](O)[C@H](OCc3ccccc3)[C@@H](OCc3ccccc3)[C@@H]2OCc2ccccc2)O[C@H](COC(=O)C(C)(C)C)[C@H](OC(=O)C(C)(C)C)[C@@H]1OC(C)=O. The summed E-state index contributed by atoms with van der Waals surface area (Å²) in [6, 6.07) is 27.2. The van der Waals surface area contributed by atoms with E-state index in [1.807, 2.05) is 91.0 Å². The van der Waals surface area contributed by atoms with Gasteiger partial charge in [-0.15, -0.1) is 0 Å². The van der Waals surface area contributed by atoms with Gasteiger partial charge in [0.2, 0.25) is 5.91 Å². The highest BCUT2D eigenvalue weighted by Crippen LogP contribution is 2.34. The largest absolute Gasteiger partial charge is 0.462 e. The molecule has 2 heterocycles. The Hall–Kier alpha value is -4.74. The van der Waals surface area contributed by atoms with Crippen LogP contribution in [0.25, 0.3) is 0 Å². The van der Waals surface area contributed by atoms with E-state index in [2.05, 4.69) is 5.32 Å². The zero-order valence-corrected chi connectivity index (χ0v) is 36.7. The molecule has 0 radical (unpaired) electrons. The summed E-state index contributed by atoms with van der Waals surface area (Å²) in [5.41, 5.74) is 0.695. The average Bonchev–Trinajstić information content (AvgIpc) is 3.22. The van der Waals surface area contributed by atoms with Crippen molar-refractivity contribution < 1.29 is 66.9 Å². The van der Waals surface area contributed by atoms with Crippen LogP contribution in [0.1, 0.15) is 72.1 Å². The molecule has 5 rings (SSSR count). The third-order valence-electron chi connectivity index (χ3n) is 10.1. The Morgan fingerprint density at radius 2 is 1.03 bits per heavy atom. The van der Waals surface area contributed by atoms with Gasteiger partial charge in [0, 0.05) is 13.8 Å². The Kier molecular flexibility index (Phi) is 17.2. The van der Waals surface area contributed by atoms with E-state index in [0.29, 0.717) is 0 Å². The summed E-state index contributed by atoms with van der Waals surface area (Å²) in [5, 5.41) is 14.4. The highest BCUT2D eigenvalue weighted by Gasteiger charge is 2.54. The molecule has 0 aromatic heterocycles. The van der Waals surface area contributed by atoms with Crippen LogP contribution in [0.3, 0.4) is 0 Å². The fourth-order valence-corrected chi connectivity index (χ4v) is 6.80. The summed E-state index contributed by atoms with van der Waals surface area (Å²) in [5.74, 6) is -2.52. The summed E-state index contributed by atoms with van der Waals surface area (Å²) in [7, 11) is 0. The fourth-order valence-electron chi connectivity index (χ4n) is 6.80. The number of ether oxygens (including phenoxy) is 9. The van der Waals surface area contributed by atoms with Crippen molar-refractivity contribution >= 4 is 23.8 Å². The third kappa shape index (κ3) is 13.9. The maximum absolute atomic E-state index is 13.4. The third-order valence-corrected chi connectivity index (χ3v) is 10.1. The second-order valence-electron chi connectivity index (χ2n) is 17.5. The summed E-state index contributed by atoms with van der Waals surface area (Å²) in [6.07, 6.45) is -10.8. The molecule has 0 saturated carbocycles. The van der Waals surface area contributed by atoms with E-state index in [-0.39, 0.29) is 26.4 Å². The summed E-state index contributed by atoms with van der Waals surface area (Å²) in [4.78, 5) is 51.9. The molecule has 15 heteroatoms. The van der Waals surface area contributed by atoms with Crippen LogP contribution in [-0.2, 0) is 81.6 Å². The number of hydrogen-bond donors (Lipinski definition) is 2. The standard InChI is InChI=1S/C47H61NO14/c1-29(49)48-36-39(59-30(2)50)38(62-45(53)47(6,7)8)35(28-58-44(52)46(3,4)5)61-43(36)57-27-34-37(54-24-31-18-12-9-13-19-31)40(55-25-32-20-14-10-15-21-32)41(42(51)60-34)56-26-33-22-16-11-17-23-33/h9-23,34-43,51H,24-28H2,1-8H3,(H,48,49)/t34-,35-,36-,37-,38+,39-,40+,41-,42+,43?/m1/s1. The van der Waals surface area contributed by atoms with Crippen LogP contribution in [0.4, 0.5) is 0 Å². The molecular weight excluding hydrogens is 803 g/mol. The Bertz CT molecular complexity index is 1880. The molecule has 1 unspecified atom stereocenters. The first-order chi connectivity index (χ1) is 29.4.